The molecule has 10 N–H and O–H groups in total. The minimum Gasteiger partial charge on any atom is -0.390 e. The molecule has 0 saturated heterocycles. The normalized spacial score (nSPS) is 16.9. The third-order valence-electron chi connectivity index (χ3n) is 22.8. The van der Waals surface area contributed by atoms with Crippen molar-refractivity contribution < 1.29 is 80.4 Å². The third kappa shape index (κ3) is 22.9. The van der Waals surface area contributed by atoms with Gasteiger partial charge in [-0.15, -0.1) is 0 Å². The standard InChI is InChI=1S/C23H23N5O3.C19H20F2N4O2.C18H24N4O2.2C15H17ClF2N4O2/c1-14-8-11-17-21(24-14)28(20-12-18(27-31-20)15-9-10-15)22(25-17)26-19(29)13-23(2,30)16-6-4-3-5-7-16;1-3-19(27,11-20)10-16(26)24-18-23-15-9-4-12(2)22-17(15)25(18)14-7-5-13(21)6-8-14;1-11-6-9-14-16(19-11)22(13-4-3-5-13)17(20-14)21-15(23)10-18(2,24)12-7-8-12;2*1-14(2,24)7-11(23)21-13-19-9-3-4-10(16)20-12(9)22(13)8-5-15(17,18)6-8/h3-8,11-12,15,30H,9-10,13H2,1-2H3,(H,25,26,29);4-9,27H,3,10-11H2,1-2H3,(H,23,24,26);6,9,12-13,24H,3-5,7-8,10H2,1-2H3,(H,20,21,23);2*3-4,8,24H,5-7H2,1-2H3,(H,19,21,23)/t23-;;18-;;/m0.1../s1. The van der Waals surface area contributed by atoms with Gasteiger partial charge < -0.3 is 30.1 Å². The number of aliphatic hydroxyl groups is 5. The highest BCUT2D eigenvalue weighted by molar-refractivity contribution is 6.30. The number of aryl methyl sites for hydroxylation is 3. The van der Waals surface area contributed by atoms with Gasteiger partial charge in [0, 0.05) is 60.8 Å². The van der Waals surface area contributed by atoms with Gasteiger partial charge in [0.1, 0.15) is 56.0 Å². The Bertz CT molecular complexity index is 6220. The lowest BCUT2D eigenvalue weighted by molar-refractivity contribution is -0.122. The molecule has 0 aliphatic heterocycles. The van der Waals surface area contributed by atoms with Crippen LogP contribution in [0.25, 0.3) is 67.4 Å². The van der Waals surface area contributed by atoms with E-state index in [0.29, 0.717) is 79.7 Å². The maximum atomic E-state index is 13.3. The lowest BCUT2D eigenvalue weighted by atomic mass is 9.88. The van der Waals surface area contributed by atoms with Gasteiger partial charge in [0.25, 0.3) is 11.8 Å². The molecule has 1 unspecified atom stereocenters. The predicted molar refractivity (Wildman–Crippen MR) is 475 cm³/mol. The van der Waals surface area contributed by atoms with Crippen LogP contribution in [0.4, 0.5) is 56.1 Å². The smallest absolute Gasteiger partial charge is 0.252 e. The van der Waals surface area contributed by atoms with Crippen LogP contribution in [0.3, 0.4) is 0 Å². The van der Waals surface area contributed by atoms with Gasteiger partial charge in [0.2, 0.25) is 65.2 Å². The van der Waals surface area contributed by atoms with Crippen LogP contribution in [0.5, 0.6) is 0 Å². The molecule has 40 heteroatoms. The summed E-state index contributed by atoms with van der Waals surface area (Å²) >= 11 is 11.8. The second-order valence-corrected chi connectivity index (χ2v) is 36.6. The van der Waals surface area contributed by atoms with E-state index in [2.05, 4.69) is 86.1 Å². The van der Waals surface area contributed by atoms with Gasteiger partial charge in [0.15, 0.2) is 28.2 Å². The Morgan fingerprint density at radius 3 is 1.28 bits per heavy atom. The highest BCUT2D eigenvalue weighted by Crippen LogP contribution is 2.50. The van der Waals surface area contributed by atoms with Crippen LogP contribution in [0.15, 0.2) is 126 Å². The molecule has 0 spiro atoms. The number of carbonyl (C=O) groups excluding carboxylic acids is 5. The quantitative estimate of drug-likeness (QED) is 0.0188. The zero-order chi connectivity index (χ0) is 93.5. The van der Waals surface area contributed by atoms with E-state index in [9.17, 15) is 75.8 Å². The minimum atomic E-state index is -2.73. The largest absolute Gasteiger partial charge is 0.390 e. The highest BCUT2D eigenvalue weighted by Gasteiger charge is 2.50. The highest BCUT2D eigenvalue weighted by atomic mass is 35.5. The van der Waals surface area contributed by atoms with Gasteiger partial charge in [-0.2, -0.15) is 0 Å². The molecule has 0 radical (unpaired) electrons. The summed E-state index contributed by atoms with van der Waals surface area (Å²) in [5.74, 6) is -5.50. The fourth-order valence-electron chi connectivity index (χ4n) is 15.4. The average molecular weight is 1840 g/mol. The van der Waals surface area contributed by atoms with Crippen molar-refractivity contribution in [3.8, 4) is 11.6 Å². The van der Waals surface area contributed by atoms with Crippen LogP contribution in [0, 0.1) is 32.5 Å². The first-order chi connectivity index (χ1) is 61.3. The van der Waals surface area contributed by atoms with Gasteiger partial charge in [-0.3, -0.25) is 68.8 Å². The zero-order valence-corrected chi connectivity index (χ0v) is 74.5. The summed E-state index contributed by atoms with van der Waals surface area (Å²) in [5, 5.41) is 68.9. The van der Waals surface area contributed by atoms with Crippen LogP contribution < -0.4 is 26.6 Å². The number of alkyl halides is 5. The molecule has 13 aromatic rings. The summed E-state index contributed by atoms with van der Waals surface area (Å²) in [6, 6.07) is 33.4. The molecule has 688 valence electrons. The number of halogens is 8. The molecule has 5 aliphatic carbocycles. The van der Waals surface area contributed by atoms with E-state index < -0.39 is 88.6 Å². The molecule has 32 nitrogen and oxygen atoms in total. The average Bonchev–Trinajstić information content (AvgIpc) is 1.46. The Hall–Kier alpha value is -11.9. The third-order valence-corrected chi connectivity index (χ3v) is 23.2. The summed E-state index contributed by atoms with van der Waals surface area (Å²) in [7, 11) is 0. The number of aromatic nitrogens is 16. The van der Waals surface area contributed by atoms with Gasteiger partial charge in [-0.1, -0.05) is 65.6 Å². The Balaban J connectivity index is 0.000000132. The van der Waals surface area contributed by atoms with E-state index in [-0.39, 0.29) is 110 Å². The SMILES string of the molecule is CC(C)(O)CC(=O)Nc1nc2ccc(Cl)nc2n1C1CC(F)(F)C1.CC(C)(O)CC(=O)Nc1nc2ccc(Cl)nc2n1C1CC(F)(F)C1.CCC(O)(CF)CC(=O)Nc1nc2ccc(C)nc2n1-c1ccc(F)cc1.Cc1ccc2nc(NC(=O)C[C@@](C)(O)C3CC3)n(C3CCC3)c2n1.Cc1ccc2nc(NC(=O)C[C@](C)(O)c3ccccc3)n(-c3cc(C4CC4)no3)c2n1. The number of fused-ring (bicyclic) bond motifs is 5. The topological polar surface area (TPSA) is 426 Å². The van der Waals surface area contributed by atoms with E-state index in [1.165, 1.54) is 55.4 Å². The minimum absolute atomic E-state index is 0.103. The summed E-state index contributed by atoms with van der Waals surface area (Å²) < 4.78 is 93.3. The van der Waals surface area contributed by atoms with Gasteiger partial charge in [-0.05, 0) is 210 Å². The first-order valence-corrected chi connectivity index (χ1v) is 43.4. The molecule has 11 aromatic heterocycles. The van der Waals surface area contributed by atoms with Crippen LogP contribution >= 0.6 is 23.2 Å². The number of hydrogen-bond acceptors (Lipinski definition) is 22. The second-order valence-electron chi connectivity index (χ2n) is 35.8. The molecule has 130 heavy (non-hydrogen) atoms. The predicted octanol–water partition coefficient (Wildman–Crippen LogP) is 16.4. The number of hydrogen-bond donors (Lipinski definition) is 10. The molecular weight excluding hydrogens is 1740 g/mol. The number of nitrogens with zero attached hydrogens (tertiary/aromatic N) is 16. The number of rotatable bonds is 25. The number of imidazole rings is 5. The Morgan fingerprint density at radius 2 is 0.854 bits per heavy atom. The van der Waals surface area contributed by atoms with Crippen molar-refractivity contribution >= 4 is 138 Å². The van der Waals surface area contributed by atoms with E-state index >= 15 is 0 Å². The monoisotopic (exact) mass is 1840 g/mol. The van der Waals surface area contributed by atoms with E-state index in [1.54, 1.807) is 90.6 Å². The lowest BCUT2D eigenvalue weighted by Gasteiger charge is -2.36. The molecule has 5 aliphatic rings. The van der Waals surface area contributed by atoms with Crippen molar-refractivity contribution in [2.24, 2.45) is 5.92 Å². The summed E-state index contributed by atoms with van der Waals surface area (Å²) in [5.41, 5.74) is 3.77. The van der Waals surface area contributed by atoms with Gasteiger partial charge in [-0.25, -0.2) is 80.7 Å². The Kier molecular flexibility index (Phi) is 27.2. The summed E-state index contributed by atoms with van der Waals surface area (Å²) in [6.07, 6.45) is 5.58. The lowest BCUT2D eigenvalue weighted by Crippen LogP contribution is -2.38. The molecular formula is C90H101Cl2F6N21O11. The van der Waals surface area contributed by atoms with E-state index in [0.717, 1.165) is 72.5 Å². The second kappa shape index (κ2) is 37.5. The van der Waals surface area contributed by atoms with Crippen LogP contribution in [0.2, 0.25) is 10.3 Å². The van der Waals surface area contributed by atoms with Gasteiger partial charge in [0.05, 0.1) is 78.0 Å². The van der Waals surface area contributed by atoms with E-state index in [4.69, 9.17) is 27.7 Å². The van der Waals surface area contributed by atoms with Crippen molar-refractivity contribution in [1.29, 1.82) is 0 Å². The van der Waals surface area contributed by atoms with Crippen molar-refractivity contribution in [2.45, 2.75) is 242 Å². The molecule has 5 fully saturated rings. The fourth-order valence-corrected chi connectivity index (χ4v) is 15.7. The first kappa shape index (κ1) is 94.2. The van der Waals surface area contributed by atoms with Crippen LogP contribution in [0.1, 0.15) is 210 Å². The van der Waals surface area contributed by atoms with Gasteiger partial charge >= 0.3 is 0 Å². The maximum absolute atomic E-state index is 13.3. The molecule has 0 bridgehead atoms. The number of benzene rings is 2. The molecule has 2 aromatic carbocycles. The van der Waals surface area contributed by atoms with Crippen molar-refractivity contribution in [2.75, 3.05) is 33.3 Å². The molecule has 5 saturated carbocycles. The number of carbonyl (C=O) groups is 5. The summed E-state index contributed by atoms with van der Waals surface area (Å²) in [6.45, 7) is 15.6. The first-order valence-electron chi connectivity index (χ1n) is 42.7. The molecule has 5 amide bonds. The molecule has 3 atom stereocenters. The van der Waals surface area contributed by atoms with Crippen molar-refractivity contribution in [1.82, 2.24) is 77.8 Å². The van der Waals surface area contributed by atoms with E-state index in [1.807, 2.05) is 69.3 Å². The number of nitrogens with one attached hydrogen (secondary N) is 5. The number of pyridine rings is 5. The Morgan fingerprint density at radius 1 is 0.462 bits per heavy atom. The van der Waals surface area contributed by atoms with Crippen molar-refractivity contribution in [3.63, 3.8) is 0 Å². The van der Waals surface area contributed by atoms with Crippen LogP contribution in [-0.4, -0.2) is 174 Å². The molecule has 18 rings (SSSR count). The number of amides is 5. The van der Waals surface area contributed by atoms with Crippen molar-refractivity contribution in [3.05, 3.63) is 166 Å². The zero-order valence-electron chi connectivity index (χ0n) is 73.0. The maximum Gasteiger partial charge on any atom is 0.252 e. The summed E-state index contributed by atoms with van der Waals surface area (Å²) in [4.78, 5) is 106. The fraction of sp³-hybridized carbons (Fsp3) is 0.444. The molecule has 11 heterocycles. The van der Waals surface area contributed by atoms with Crippen LogP contribution in [-0.2, 0) is 29.6 Å². The Labute approximate surface area is 751 Å². The number of anilines is 5.